The second kappa shape index (κ2) is 11.7. The maximum atomic E-state index is 14.5. The second-order valence-corrected chi connectivity index (χ2v) is 11.9. The Bertz CT molecular complexity index is 1460. The van der Waals surface area contributed by atoms with E-state index in [-0.39, 0.29) is 32.9 Å². The lowest BCUT2D eigenvalue weighted by atomic mass is 10.1. The fourth-order valence-electron chi connectivity index (χ4n) is 4.15. The first kappa shape index (κ1) is 27.9. The van der Waals surface area contributed by atoms with E-state index in [0.29, 0.717) is 18.9 Å². The van der Waals surface area contributed by atoms with Crippen LogP contribution in [0.1, 0.15) is 54.8 Å². The quantitative estimate of drug-likeness (QED) is 0.320. The number of carbonyl (C=O) groups is 2. The summed E-state index contributed by atoms with van der Waals surface area (Å²) in [5.41, 5.74) is -0.158. The molecule has 8 nitrogen and oxygen atoms in total. The van der Waals surface area contributed by atoms with Crippen LogP contribution in [0.25, 0.3) is 0 Å². The maximum absolute atomic E-state index is 14.5. The zero-order chi connectivity index (χ0) is 27.4. The van der Waals surface area contributed by atoms with E-state index in [1.165, 1.54) is 23.6 Å². The van der Waals surface area contributed by atoms with Gasteiger partial charge >= 0.3 is 5.97 Å². The van der Waals surface area contributed by atoms with Crippen molar-refractivity contribution in [2.24, 2.45) is 0 Å². The van der Waals surface area contributed by atoms with Gasteiger partial charge in [0.2, 0.25) is 6.10 Å². The molecule has 1 saturated carbocycles. The minimum absolute atomic E-state index is 0.00606. The highest BCUT2D eigenvalue weighted by Gasteiger charge is 2.38. The van der Waals surface area contributed by atoms with Gasteiger partial charge in [-0.2, -0.15) is 0 Å². The molecule has 0 spiro atoms. The van der Waals surface area contributed by atoms with E-state index >= 15 is 0 Å². The molecule has 1 heterocycles. The lowest BCUT2D eigenvalue weighted by molar-refractivity contribution is -0.123. The molecular weight excluding hydrogens is 562 g/mol. The number of aromatic nitrogens is 1. The Morgan fingerprint density at radius 3 is 2.63 bits per heavy atom. The second-order valence-electron chi connectivity index (χ2n) is 8.43. The number of thiazole rings is 1. The first-order valence-corrected chi connectivity index (χ1v) is 14.5. The van der Waals surface area contributed by atoms with Crippen LogP contribution < -0.4 is 10.1 Å². The normalized spacial score (nSPS) is 14.7. The SMILES string of the molecule is CCOC(=O)c1csc(NC(=O)C(Oc2ccc(F)cc2F)c2cccc(Cl)c2S(=O)(=O)C2CCCC2)n1. The van der Waals surface area contributed by atoms with E-state index in [1.54, 1.807) is 6.92 Å². The Morgan fingerprint density at radius 2 is 1.95 bits per heavy atom. The van der Waals surface area contributed by atoms with Gasteiger partial charge in [-0.3, -0.25) is 10.1 Å². The van der Waals surface area contributed by atoms with Gasteiger partial charge in [-0.15, -0.1) is 11.3 Å². The third-order valence-corrected chi connectivity index (χ3v) is 9.46. The number of esters is 1. The molecule has 38 heavy (non-hydrogen) atoms. The van der Waals surface area contributed by atoms with Gasteiger partial charge in [-0.05, 0) is 38.0 Å². The monoisotopic (exact) mass is 584 g/mol. The summed E-state index contributed by atoms with van der Waals surface area (Å²) in [4.78, 5) is 29.2. The Morgan fingerprint density at radius 1 is 1.21 bits per heavy atom. The zero-order valence-electron chi connectivity index (χ0n) is 20.1. The molecule has 1 aromatic heterocycles. The molecule has 1 aliphatic carbocycles. The van der Waals surface area contributed by atoms with Gasteiger partial charge in [-0.1, -0.05) is 36.6 Å². The van der Waals surface area contributed by atoms with Crippen molar-refractivity contribution in [3.05, 3.63) is 69.7 Å². The molecule has 0 aliphatic heterocycles. The topological polar surface area (TPSA) is 112 Å². The molecule has 0 saturated heterocycles. The summed E-state index contributed by atoms with van der Waals surface area (Å²) in [7, 11) is -3.99. The number of rotatable bonds is 9. The van der Waals surface area contributed by atoms with Crippen molar-refractivity contribution in [2.45, 2.75) is 48.9 Å². The lowest BCUT2D eigenvalue weighted by Gasteiger charge is -2.23. The first-order valence-electron chi connectivity index (χ1n) is 11.7. The van der Waals surface area contributed by atoms with E-state index < -0.39 is 50.5 Å². The molecule has 1 atom stereocenters. The smallest absolute Gasteiger partial charge is 0.357 e. The molecule has 0 bridgehead atoms. The number of nitrogens with one attached hydrogen (secondary N) is 1. The summed E-state index contributed by atoms with van der Waals surface area (Å²) in [6, 6.07) is 6.68. The summed E-state index contributed by atoms with van der Waals surface area (Å²) in [6.45, 7) is 1.76. The molecule has 0 radical (unpaired) electrons. The number of hydrogen-bond donors (Lipinski definition) is 1. The summed E-state index contributed by atoms with van der Waals surface area (Å²) in [5, 5.41) is 3.03. The Kier molecular flexibility index (Phi) is 8.64. The van der Waals surface area contributed by atoms with Crippen LogP contribution in [-0.2, 0) is 19.4 Å². The van der Waals surface area contributed by atoms with Crippen molar-refractivity contribution in [1.82, 2.24) is 4.98 Å². The van der Waals surface area contributed by atoms with E-state index in [2.05, 4.69) is 10.3 Å². The third-order valence-electron chi connectivity index (χ3n) is 5.90. The van der Waals surface area contributed by atoms with Gasteiger partial charge in [0.05, 0.1) is 21.8 Å². The number of hydrogen-bond acceptors (Lipinski definition) is 8. The van der Waals surface area contributed by atoms with Gasteiger partial charge in [0, 0.05) is 17.0 Å². The average molecular weight is 585 g/mol. The molecule has 1 amide bonds. The highest BCUT2D eigenvalue weighted by atomic mass is 35.5. The van der Waals surface area contributed by atoms with Crippen molar-refractivity contribution < 1.29 is 36.3 Å². The highest BCUT2D eigenvalue weighted by Crippen LogP contribution is 2.39. The number of amides is 1. The number of anilines is 1. The van der Waals surface area contributed by atoms with Gasteiger partial charge in [0.25, 0.3) is 5.91 Å². The van der Waals surface area contributed by atoms with Crippen LogP contribution in [0.4, 0.5) is 13.9 Å². The Hall–Kier alpha value is -3.09. The molecule has 202 valence electrons. The van der Waals surface area contributed by atoms with E-state index in [0.717, 1.165) is 36.3 Å². The van der Waals surface area contributed by atoms with Crippen LogP contribution in [0.2, 0.25) is 5.02 Å². The average Bonchev–Trinajstić information content (AvgIpc) is 3.56. The predicted molar refractivity (Wildman–Crippen MR) is 137 cm³/mol. The molecule has 1 aliphatic rings. The standard InChI is InChI=1S/C25H23ClF2N2O6S2/c1-2-35-24(32)19-13-37-25(29-19)30-23(31)21(36-20-11-10-14(27)12-18(20)28)16-8-5-9-17(26)22(16)38(33,34)15-6-3-4-7-15/h5,8-13,15,21H,2-4,6-7H2,1H3,(H,29,30,31). The number of nitrogens with zero attached hydrogens (tertiary/aromatic N) is 1. The van der Waals surface area contributed by atoms with Crippen molar-refractivity contribution >= 4 is 49.8 Å². The van der Waals surface area contributed by atoms with Crippen LogP contribution in [0.3, 0.4) is 0 Å². The van der Waals surface area contributed by atoms with Crippen molar-refractivity contribution in [3.8, 4) is 5.75 Å². The Labute approximate surface area is 226 Å². The van der Waals surface area contributed by atoms with Crippen molar-refractivity contribution in [3.63, 3.8) is 0 Å². The Balaban J connectivity index is 1.76. The van der Waals surface area contributed by atoms with Crippen LogP contribution in [-0.4, -0.2) is 37.1 Å². The summed E-state index contributed by atoms with van der Waals surface area (Å²) in [6.07, 6.45) is 0.616. The summed E-state index contributed by atoms with van der Waals surface area (Å²) < 4.78 is 65.8. The molecule has 1 unspecified atom stereocenters. The number of sulfone groups is 1. The maximum Gasteiger partial charge on any atom is 0.357 e. The largest absolute Gasteiger partial charge is 0.473 e. The van der Waals surface area contributed by atoms with Crippen LogP contribution in [0.15, 0.2) is 46.7 Å². The molecular formula is C25H23ClF2N2O6S2. The van der Waals surface area contributed by atoms with Crippen LogP contribution in [0, 0.1) is 11.6 Å². The minimum atomic E-state index is -3.99. The van der Waals surface area contributed by atoms with Crippen LogP contribution >= 0.6 is 22.9 Å². The number of benzene rings is 2. The molecule has 13 heteroatoms. The fourth-order valence-corrected chi connectivity index (χ4v) is 7.47. The van der Waals surface area contributed by atoms with Crippen molar-refractivity contribution in [1.29, 1.82) is 0 Å². The van der Waals surface area contributed by atoms with Gasteiger partial charge < -0.3 is 9.47 Å². The number of halogens is 3. The molecule has 1 fully saturated rings. The first-order chi connectivity index (χ1) is 18.1. The zero-order valence-corrected chi connectivity index (χ0v) is 22.5. The summed E-state index contributed by atoms with van der Waals surface area (Å²) >= 11 is 7.29. The van der Waals surface area contributed by atoms with Crippen molar-refractivity contribution in [2.75, 3.05) is 11.9 Å². The van der Waals surface area contributed by atoms with E-state index in [4.69, 9.17) is 21.1 Å². The van der Waals surface area contributed by atoms with Gasteiger partial charge in [0.1, 0.15) is 5.82 Å². The minimum Gasteiger partial charge on any atom is -0.473 e. The predicted octanol–water partition coefficient (Wildman–Crippen LogP) is 5.73. The molecule has 3 aromatic rings. The number of ether oxygens (including phenoxy) is 2. The highest BCUT2D eigenvalue weighted by molar-refractivity contribution is 7.92. The van der Waals surface area contributed by atoms with Gasteiger partial charge in [-0.25, -0.2) is 27.0 Å². The fraction of sp³-hybridized carbons (Fsp3) is 0.320. The van der Waals surface area contributed by atoms with Gasteiger partial charge in [0.15, 0.2) is 32.2 Å². The lowest BCUT2D eigenvalue weighted by Crippen LogP contribution is -2.29. The molecule has 1 N–H and O–H groups in total. The third kappa shape index (κ3) is 5.97. The molecule has 2 aromatic carbocycles. The van der Waals surface area contributed by atoms with Crippen LogP contribution in [0.5, 0.6) is 5.75 Å². The van der Waals surface area contributed by atoms with E-state index in [9.17, 15) is 26.8 Å². The number of carbonyl (C=O) groups excluding carboxylic acids is 2. The molecule has 4 rings (SSSR count). The summed E-state index contributed by atoms with van der Waals surface area (Å²) in [5.74, 6) is -4.04. The van der Waals surface area contributed by atoms with E-state index in [1.807, 2.05) is 0 Å².